The minimum Gasteiger partial charge on any atom is -0.494 e. The summed E-state index contributed by atoms with van der Waals surface area (Å²) in [5.41, 5.74) is 3.96. The summed E-state index contributed by atoms with van der Waals surface area (Å²) in [6.07, 6.45) is 3.20. The third-order valence-corrected chi connectivity index (χ3v) is 4.63. The van der Waals surface area contributed by atoms with Crippen molar-refractivity contribution in [2.75, 3.05) is 19.7 Å². The molecule has 4 heteroatoms. The van der Waals surface area contributed by atoms with Gasteiger partial charge in [-0.1, -0.05) is 36.4 Å². The molecule has 2 aromatic carbocycles. The first-order chi connectivity index (χ1) is 12.2. The Labute approximate surface area is 149 Å². The number of ether oxygens (including phenoxy) is 1. The smallest absolute Gasteiger partial charge is 0.304 e. The summed E-state index contributed by atoms with van der Waals surface area (Å²) in [4.78, 5) is 12.9. The van der Waals surface area contributed by atoms with Crippen molar-refractivity contribution >= 4 is 5.97 Å². The molecule has 1 aliphatic rings. The van der Waals surface area contributed by atoms with Gasteiger partial charge in [-0.15, -0.1) is 0 Å². The average Bonchev–Trinajstić information content (AvgIpc) is 2.64. The number of nitrogens with zero attached hydrogens (tertiary/aromatic N) is 1. The molecular weight excluding hydrogens is 314 g/mol. The van der Waals surface area contributed by atoms with E-state index in [-0.39, 0.29) is 6.42 Å². The molecule has 1 aliphatic heterocycles. The van der Waals surface area contributed by atoms with E-state index >= 15 is 0 Å². The van der Waals surface area contributed by atoms with Crippen LogP contribution in [0.5, 0.6) is 5.75 Å². The van der Waals surface area contributed by atoms with E-state index in [1.165, 1.54) is 16.7 Å². The minimum absolute atomic E-state index is 0.206. The zero-order valence-electron chi connectivity index (χ0n) is 14.5. The van der Waals surface area contributed by atoms with Crippen molar-refractivity contribution in [3.05, 3.63) is 65.2 Å². The Bertz CT molecular complexity index is 700. The number of hydrogen-bond acceptors (Lipinski definition) is 3. The van der Waals surface area contributed by atoms with E-state index in [1.807, 2.05) is 12.1 Å². The summed E-state index contributed by atoms with van der Waals surface area (Å²) in [5.74, 6) is 0.204. The molecule has 2 aromatic rings. The number of fused-ring (bicyclic) bond motifs is 1. The number of aryl methyl sites for hydroxylation is 1. The second kappa shape index (κ2) is 8.67. The molecular formula is C21H25NO3. The molecule has 0 saturated heterocycles. The van der Waals surface area contributed by atoms with Gasteiger partial charge in [-0.3, -0.25) is 9.69 Å². The topological polar surface area (TPSA) is 49.8 Å². The predicted octanol–water partition coefficient (Wildman–Crippen LogP) is 3.53. The third kappa shape index (κ3) is 5.33. The maximum absolute atomic E-state index is 10.7. The molecule has 3 rings (SSSR count). The molecule has 0 radical (unpaired) electrons. The monoisotopic (exact) mass is 339 g/mol. The summed E-state index contributed by atoms with van der Waals surface area (Å²) in [5, 5.41) is 8.81. The van der Waals surface area contributed by atoms with Crippen molar-refractivity contribution in [3.63, 3.8) is 0 Å². The fraction of sp³-hybridized carbons (Fsp3) is 0.381. The summed E-state index contributed by atoms with van der Waals surface area (Å²) in [7, 11) is 0. The first-order valence-corrected chi connectivity index (χ1v) is 8.93. The van der Waals surface area contributed by atoms with E-state index in [0.29, 0.717) is 6.54 Å². The van der Waals surface area contributed by atoms with Gasteiger partial charge in [0.05, 0.1) is 13.0 Å². The van der Waals surface area contributed by atoms with Crippen molar-refractivity contribution in [2.24, 2.45) is 0 Å². The molecule has 0 aliphatic carbocycles. The number of carboxylic acid groups (broad SMARTS) is 1. The van der Waals surface area contributed by atoms with Crippen LogP contribution in [0.25, 0.3) is 0 Å². The van der Waals surface area contributed by atoms with Crippen molar-refractivity contribution in [2.45, 2.75) is 32.2 Å². The molecule has 132 valence electrons. The summed E-state index contributed by atoms with van der Waals surface area (Å²) in [6.45, 7) is 3.08. The lowest BCUT2D eigenvalue weighted by Gasteiger charge is -2.28. The Morgan fingerprint density at radius 1 is 1.12 bits per heavy atom. The van der Waals surface area contributed by atoms with E-state index in [0.717, 1.165) is 44.7 Å². The van der Waals surface area contributed by atoms with Crippen LogP contribution < -0.4 is 4.74 Å². The molecule has 0 fully saturated rings. The first kappa shape index (κ1) is 17.5. The number of aliphatic carboxylic acids is 1. The highest BCUT2D eigenvalue weighted by Crippen LogP contribution is 2.24. The first-order valence-electron chi connectivity index (χ1n) is 8.93. The van der Waals surface area contributed by atoms with Gasteiger partial charge in [0.2, 0.25) is 0 Å². The summed E-state index contributed by atoms with van der Waals surface area (Å²) >= 11 is 0. The molecule has 1 N–H and O–H groups in total. The number of carboxylic acids is 1. The highest BCUT2D eigenvalue weighted by molar-refractivity contribution is 5.66. The van der Waals surface area contributed by atoms with Crippen LogP contribution in [0.15, 0.2) is 48.5 Å². The summed E-state index contributed by atoms with van der Waals surface area (Å²) < 4.78 is 5.91. The second-order valence-corrected chi connectivity index (χ2v) is 6.54. The van der Waals surface area contributed by atoms with Crippen molar-refractivity contribution in [1.29, 1.82) is 0 Å². The fourth-order valence-electron chi connectivity index (χ4n) is 3.23. The Hall–Kier alpha value is -2.33. The number of rotatable bonds is 8. The van der Waals surface area contributed by atoms with Gasteiger partial charge < -0.3 is 9.84 Å². The predicted molar refractivity (Wildman–Crippen MR) is 97.9 cm³/mol. The Kier molecular flexibility index (Phi) is 6.07. The van der Waals surface area contributed by atoms with Gasteiger partial charge in [0.15, 0.2) is 0 Å². The molecule has 0 amide bonds. The van der Waals surface area contributed by atoms with Crippen LogP contribution in [0.1, 0.15) is 29.5 Å². The SMILES string of the molecule is O=C(O)CCN1CCc2cc(OCCCc3ccccc3)ccc2C1. The largest absolute Gasteiger partial charge is 0.494 e. The highest BCUT2D eigenvalue weighted by Gasteiger charge is 2.17. The van der Waals surface area contributed by atoms with E-state index in [9.17, 15) is 4.79 Å². The molecule has 4 nitrogen and oxygen atoms in total. The zero-order valence-corrected chi connectivity index (χ0v) is 14.5. The summed E-state index contributed by atoms with van der Waals surface area (Å²) in [6, 6.07) is 16.8. The van der Waals surface area contributed by atoms with Gasteiger partial charge in [-0.2, -0.15) is 0 Å². The van der Waals surface area contributed by atoms with Gasteiger partial charge in [0.1, 0.15) is 5.75 Å². The van der Waals surface area contributed by atoms with Crippen LogP contribution in [0, 0.1) is 0 Å². The normalized spacial score (nSPS) is 14.1. The van der Waals surface area contributed by atoms with Crippen LogP contribution in [-0.2, 0) is 24.2 Å². The van der Waals surface area contributed by atoms with Gasteiger partial charge in [-0.25, -0.2) is 0 Å². The fourth-order valence-corrected chi connectivity index (χ4v) is 3.23. The van der Waals surface area contributed by atoms with Gasteiger partial charge in [0.25, 0.3) is 0 Å². The maximum atomic E-state index is 10.7. The Balaban J connectivity index is 1.46. The lowest BCUT2D eigenvalue weighted by Crippen LogP contribution is -2.32. The Morgan fingerprint density at radius 3 is 2.76 bits per heavy atom. The van der Waals surface area contributed by atoms with Crippen LogP contribution in [0.2, 0.25) is 0 Å². The molecule has 1 heterocycles. The maximum Gasteiger partial charge on any atom is 0.304 e. The molecule has 0 atom stereocenters. The molecule has 0 aromatic heterocycles. The van der Waals surface area contributed by atoms with E-state index in [1.54, 1.807) is 0 Å². The Morgan fingerprint density at radius 2 is 1.96 bits per heavy atom. The van der Waals surface area contributed by atoms with Crippen molar-refractivity contribution < 1.29 is 14.6 Å². The lowest BCUT2D eigenvalue weighted by molar-refractivity contribution is -0.137. The molecule has 0 unspecified atom stereocenters. The van der Waals surface area contributed by atoms with Gasteiger partial charge >= 0.3 is 5.97 Å². The number of carbonyl (C=O) groups is 1. The van der Waals surface area contributed by atoms with Crippen LogP contribution in [-0.4, -0.2) is 35.7 Å². The van der Waals surface area contributed by atoms with Gasteiger partial charge in [-0.05, 0) is 48.1 Å². The zero-order chi connectivity index (χ0) is 17.5. The molecule has 0 spiro atoms. The average molecular weight is 339 g/mol. The van der Waals surface area contributed by atoms with Gasteiger partial charge in [0, 0.05) is 19.6 Å². The number of benzene rings is 2. The van der Waals surface area contributed by atoms with E-state index in [2.05, 4.69) is 41.3 Å². The molecule has 0 saturated carbocycles. The minimum atomic E-state index is -0.731. The lowest BCUT2D eigenvalue weighted by atomic mass is 9.99. The third-order valence-electron chi connectivity index (χ3n) is 4.63. The number of hydrogen-bond donors (Lipinski definition) is 1. The standard InChI is InChI=1S/C21H25NO3/c23-21(24)11-13-22-12-10-18-15-20(9-8-19(18)16-22)25-14-4-7-17-5-2-1-3-6-17/h1-3,5-6,8-9,15H,4,7,10-14,16H2,(H,23,24). The van der Waals surface area contributed by atoms with Crippen molar-refractivity contribution in [1.82, 2.24) is 4.90 Å². The molecule has 0 bridgehead atoms. The van der Waals surface area contributed by atoms with E-state index < -0.39 is 5.97 Å². The van der Waals surface area contributed by atoms with Crippen LogP contribution in [0.4, 0.5) is 0 Å². The quantitative estimate of drug-likeness (QED) is 0.748. The van der Waals surface area contributed by atoms with E-state index in [4.69, 9.17) is 9.84 Å². The van der Waals surface area contributed by atoms with Crippen molar-refractivity contribution in [3.8, 4) is 5.75 Å². The van der Waals surface area contributed by atoms with Crippen LogP contribution >= 0.6 is 0 Å². The van der Waals surface area contributed by atoms with Crippen LogP contribution in [0.3, 0.4) is 0 Å². The highest BCUT2D eigenvalue weighted by atomic mass is 16.5. The molecule has 25 heavy (non-hydrogen) atoms. The second-order valence-electron chi connectivity index (χ2n) is 6.54.